The normalized spacial score (nSPS) is 18.2. The van der Waals surface area contributed by atoms with Crippen LogP contribution in [0.2, 0.25) is 0 Å². The monoisotopic (exact) mass is 222 g/mol. The van der Waals surface area contributed by atoms with Crippen LogP contribution in [0.15, 0.2) is 6.07 Å². The molecule has 0 spiro atoms. The fourth-order valence-corrected chi connectivity index (χ4v) is 1.93. The lowest BCUT2D eigenvalue weighted by Gasteiger charge is -2.30. The van der Waals surface area contributed by atoms with Crippen molar-refractivity contribution in [2.24, 2.45) is 0 Å². The second kappa shape index (κ2) is 4.00. The summed E-state index contributed by atoms with van der Waals surface area (Å²) in [4.78, 5) is 0. The number of benzene rings is 1. The molecule has 0 aromatic heterocycles. The molecular weight excluding hydrogens is 204 g/mol. The van der Waals surface area contributed by atoms with Crippen molar-refractivity contribution in [3.8, 4) is 5.75 Å². The van der Waals surface area contributed by atoms with Gasteiger partial charge in [0, 0.05) is 18.7 Å². The van der Waals surface area contributed by atoms with Gasteiger partial charge in [0.2, 0.25) is 0 Å². The van der Waals surface area contributed by atoms with Crippen LogP contribution < -0.4 is 26.8 Å². The molecule has 6 N–H and O–H groups in total. The molecule has 0 fully saturated rings. The first-order chi connectivity index (χ1) is 7.67. The lowest BCUT2D eigenvalue weighted by atomic mass is 10.1. The first-order valence-electron chi connectivity index (χ1n) is 5.43. The molecule has 5 heteroatoms. The van der Waals surface area contributed by atoms with Gasteiger partial charge in [0.15, 0.2) is 0 Å². The molecule has 88 valence electrons. The predicted molar refractivity (Wildman–Crippen MR) is 68.0 cm³/mol. The van der Waals surface area contributed by atoms with Crippen molar-refractivity contribution in [1.82, 2.24) is 0 Å². The van der Waals surface area contributed by atoms with Crippen molar-refractivity contribution in [1.29, 1.82) is 0 Å². The minimum absolute atomic E-state index is 0.376. The van der Waals surface area contributed by atoms with Gasteiger partial charge in [-0.15, -0.1) is 0 Å². The fourth-order valence-electron chi connectivity index (χ4n) is 1.93. The summed E-state index contributed by atoms with van der Waals surface area (Å²) in [5.74, 6) is 0.613. The minimum atomic E-state index is 0.376. The van der Waals surface area contributed by atoms with Crippen LogP contribution in [0.1, 0.15) is 13.3 Å². The van der Waals surface area contributed by atoms with E-state index in [1.807, 2.05) is 0 Å². The number of rotatable bonds is 2. The molecule has 0 amide bonds. The zero-order valence-electron chi connectivity index (χ0n) is 9.63. The summed E-state index contributed by atoms with van der Waals surface area (Å²) in [6.45, 7) is 2.99. The second-order valence-electron chi connectivity index (χ2n) is 3.96. The molecule has 1 aliphatic rings. The Labute approximate surface area is 95.1 Å². The molecule has 1 aromatic carbocycles. The van der Waals surface area contributed by atoms with E-state index in [0.717, 1.165) is 24.3 Å². The van der Waals surface area contributed by atoms with Crippen molar-refractivity contribution in [2.45, 2.75) is 19.4 Å². The number of hydrogen-bond acceptors (Lipinski definition) is 5. The van der Waals surface area contributed by atoms with Crippen molar-refractivity contribution in [2.75, 3.05) is 35.8 Å². The number of fused-ring (bicyclic) bond motifs is 1. The molecule has 5 nitrogen and oxygen atoms in total. The second-order valence-corrected chi connectivity index (χ2v) is 3.96. The molecule has 2 rings (SSSR count). The molecule has 0 radical (unpaired) electrons. The molecule has 0 saturated heterocycles. The Morgan fingerprint density at radius 2 is 2.19 bits per heavy atom. The van der Waals surface area contributed by atoms with E-state index in [1.54, 1.807) is 13.2 Å². The van der Waals surface area contributed by atoms with Crippen LogP contribution in [0.4, 0.5) is 22.7 Å². The molecule has 1 aliphatic heterocycles. The maximum Gasteiger partial charge on any atom is 0.146 e. The number of nitrogens with two attached hydrogens (primary N) is 2. The number of hydrogen-bond donors (Lipinski definition) is 4. The summed E-state index contributed by atoms with van der Waals surface area (Å²) >= 11 is 0. The number of methoxy groups -OCH3 is 1. The van der Waals surface area contributed by atoms with Crippen molar-refractivity contribution < 1.29 is 4.74 Å². The maximum atomic E-state index is 6.02. The van der Waals surface area contributed by atoms with Crippen molar-refractivity contribution in [3.05, 3.63) is 6.07 Å². The van der Waals surface area contributed by atoms with Crippen LogP contribution >= 0.6 is 0 Å². The van der Waals surface area contributed by atoms with Gasteiger partial charge in [-0.2, -0.15) is 0 Å². The average molecular weight is 222 g/mol. The van der Waals surface area contributed by atoms with Crippen molar-refractivity contribution >= 4 is 22.7 Å². The third-order valence-electron chi connectivity index (χ3n) is 2.95. The Morgan fingerprint density at radius 3 is 2.81 bits per heavy atom. The topological polar surface area (TPSA) is 85.3 Å². The van der Waals surface area contributed by atoms with E-state index in [4.69, 9.17) is 16.2 Å². The Morgan fingerprint density at radius 1 is 1.44 bits per heavy atom. The molecule has 1 aromatic rings. The summed E-state index contributed by atoms with van der Waals surface area (Å²) in [6.07, 6.45) is 1.03. The van der Waals surface area contributed by atoms with E-state index < -0.39 is 0 Å². The van der Waals surface area contributed by atoms with Crippen molar-refractivity contribution in [3.63, 3.8) is 0 Å². The van der Waals surface area contributed by atoms with Gasteiger partial charge in [-0.3, -0.25) is 0 Å². The Kier molecular flexibility index (Phi) is 2.68. The van der Waals surface area contributed by atoms with Gasteiger partial charge >= 0.3 is 0 Å². The summed E-state index contributed by atoms with van der Waals surface area (Å²) in [5.41, 5.74) is 15.0. The first-order valence-corrected chi connectivity index (χ1v) is 5.43. The summed E-state index contributed by atoms with van der Waals surface area (Å²) in [7, 11) is 1.59. The van der Waals surface area contributed by atoms with Gasteiger partial charge in [0.1, 0.15) is 5.75 Å². The van der Waals surface area contributed by atoms with E-state index in [0.29, 0.717) is 23.2 Å². The Hall–Kier alpha value is -1.78. The molecule has 0 aliphatic carbocycles. The number of nitrogen functional groups attached to an aromatic ring is 2. The smallest absolute Gasteiger partial charge is 0.146 e. The van der Waals surface area contributed by atoms with Gasteiger partial charge in [-0.05, 0) is 6.42 Å². The highest BCUT2D eigenvalue weighted by molar-refractivity contribution is 5.94. The maximum absolute atomic E-state index is 6.02. The van der Waals surface area contributed by atoms with Crippen LogP contribution in [0.5, 0.6) is 5.75 Å². The largest absolute Gasteiger partial charge is 0.494 e. The van der Waals surface area contributed by atoms with Gasteiger partial charge in [0.25, 0.3) is 0 Å². The zero-order valence-corrected chi connectivity index (χ0v) is 9.63. The van der Waals surface area contributed by atoms with E-state index in [9.17, 15) is 0 Å². The van der Waals surface area contributed by atoms with Crippen LogP contribution in [0.3, 0.4) is 0 Å². The molecule has 1 unspecified atom stereocenters. The highest BCUT2D eigenvalue weighted by Crippen LogP contribution is 2.43. The van der Waals surface area contributed by atoms with E-state index in [1.165, 1.54) is 0 Å². The third kappa shape index (κ3) is 1.58. The first kappa shape index (κ1) is 10.7. The summed E-state index contributed by atoms with van der Waals surface area (Å²) in [5, 5.41) is 6.68. The zero-order chi connectivity index (χ0) is 11.7. The Bertz CT molecular complexity index is 405. The van der Waals surface area contributed by atoms with Gasteiger partial charge in [-0.25, -0.2) is 0 Å². The number of nitrogens with one attached hydrogen (secondary N) is 2. The van der Waals surface area contributed by atoms with Gasteiger partial charge in [0.05, 0.1) is 29.9 Å². The van der Waals surface area contributed by atoms with E-state index >= 15 is 0 Å². The quantitative estimate of drug-likeness (QED) is 0.569. The lowest BCUT2D eigenvalue weighted by Crippen LogP contribution is -2.33. The average Bonchev–Trinajstić information content (AvgIpc) is 2.33. The predicted octanol–water partition coefficient (Wildman–Crippen LogP) is 1.48. The standard InChI is InChI=1S/C11H18N4O/c1-3-6-5-14-10-7(12)4-8(16-2)9(13)11(10)15-6/h4,6,14-15H,3,5,12-13H2,1-2H3. The lowest BCUT2D eigenvalue weighted by molar-refractivity contribution is 0.417. The van der Waals surface area contributed by atoms with Crippen LogP contribution in [-0.2, 0) is 0 Å². The van der Waals surface area contributed by atoms with Crippen LogP contribution in [-0.4, -0.2) is 19.7 Å². The molecule has 0 bridgehead atoms. The highest BCUT2D eigenvalue weighted by Gasteiger charge is 2.22. The molecular formula is C11H18N4O. The molecule has 1 heterocycles. The number of ether oxygens (including phenoxy) is 1. The summed E-state index contributed by atoms with van der Waals surface area (Å²) < 4.78 is 5.19. The van der Waals surface area contributed by atoms with Gasteiger partial charge < -0.3 is 26.8 Å². The Balaban J connectivity index is 2.47. The molecule has 0 saturated carbocycles. The minimum Gasteiger partial charge on any atom is -0.494 e. The van der Waals surface area contributed by atoms with E-state index in [-0.39, 0.29) is 0 Å². The fraction of sp³-hybridized carbons (Fsp3) is 0.455. The molecule has 16 heavy (non-hydrogen) atoms. The van der Waals surface area contributed by atoms with Crippen LogP contribution in [0, 0.1) is 0 Å². The number of anilines is 4. The molecule has 1 atom stereocenters. The SMILES string of the molecule is CCC1CNc2c(N)cc(OC)c(N)c2N1. The van der Waals surface area contributed by atoms with E-state index in [2.05, 4.69) is 17.6 Å². The summed E-state index contributed by atoms with van der Waals surface area (Å²) in [6, 6.07) is 2.12. The van der Waals surface area contributed by atoms with Gasteiger partial charge in [-0.1, -0.05) is 6.92 Å². The highest BCUT2D eigenvalue weighted by atomic mass is 16.5. The van der Waals surface area contributed by atoms with Crippen LogP contribution in [0.25, 0.3) is 0 Å². The third-order valence-corrected chi connectivity index (χ3v) is 2.95.